The number of carbonyl (C=O) groups excluding carboxylic acids is 1. The Kier molecular flexibility index (Phi) is 3.39. The summed E-state index contributed by atoms with van der Waals surface area (Å²) in [5, 5.41) is 10.4. The second-order valence-corrected chi connectivity index (χ2v) is 8.17. The summed E-state index contributed by atoms with van der Waals surface area (Å²) in [6, 6.07) is 0. The van der Waals surface area contributed by atoms with Crippen molar-refractivity contribution in [1.82, 2.24) is 0 Å². The number of nitrogens with two attached hydrogens (primary N) is 1. The molecule has 0 bridgehead atoms. The van der Waals surface area contributed by atoms with Crippen LogP contribution in [0.5, 0.6) is 0 Å². The van der Waals surface area contributed by atoms with Gasteiger partial charge in [0, 0.05) is 18.9 Å². The SMILES string of the molecule is COC1C=C2C(=CC1(N)O)CC[C@@H]1[C@@H]2CC[C@]2(C)C(=O)CC[C@@H]12. The number of allylic oxidation sites excluding steroid dienone is 2. The molecule has 3 fully saturated rings. The molecule has 4 heteroatoms. The van der Waals surface area contributed by atoms with Gasteiger partial charge in [0.05, 0.1) is 0 Å². The molecule has 4 aliphatic carbocycles. The molecule has 0 radical (unpaired) electrons. The Bertz CT molecular complexity index is 606. The van der Waals surface area contributed by atoms with Gasteiger partial charge in [-0.2, -0.15) is 0 Å². The molecule has 0 aromatic rings. The third-order valence-electron chi connectivity index (χ3n) is 7.11. The molecule has 0 aliphatic heterocycles. The van der Waals surface area contributed by atoms with E-state index in [0.29, 0.717) is 23.5 Å². The highest BCUT2D eigenvalue weighted by molar-refractivity contribution is 5.87. The minimum Gasteiger partial charge on any atom is -0.373 e. The van der Waals surface area contributed by atoms with E-state index in [2.05, 4.69) is 6.92 Å². The van der Waals surface area contributed by atoms with E-state index >= 15 is 0 Å². The number of fused-ring (bicyclic) bond motifs is 5. The minimum absolute atomic E-state index is 0.0904. The van der Waals surface area contributed by atoms with E-state index in [0.717, 1.165) is 38.5 Å². The average molecular weight is 317 g/mol. The number of carbonyl (C=O) groups is 1. The van der Waals surface area contributed by atoms with E-state index in [1.54, 1.807) is 13.2 Å². The van der Waals surface area contributed by atoms with Crippen LogP contribution < -0.4 is 5.73 Å². The summed E-state index contributed by atoms with van der Waals surface area (Å²) in [6.45, 7) is 2.19. The fourth-order valence-corrected chi connectivity index (χ4v) is 5.85. The number of aliphatic hydroxyl groups is 1. The number of hydrogen-bond acceptors (Lipinski definition) is 4. The van der Waals surface area contributed by atoms with Gasteiger partial charge in [-0.15, -0.1) is 0 Å². The van der Waals surface area contributed by atoms with Gasteiger partial charge in [0.25, 0.3) is 0 Å². The highest BCUT2D eigenvalue weighted by Crippen LogP contribution is 2.60. The van der Waals surface area contributed by atoms with Crippen LogP contribution in [-0.2, 0) is 9.53 Å². The first-order valence-corrected chi connectivity index (χ1v) is 8.88. The Morgan fingerprint density at radius 2 is 2.09 bits per heavy atom. The van der Waals surface area contributed by atoms with Crippen LogP contribution in [0.4, 0.5) is 0 Å². The summed E-state index contributed by atoms with van der Waals surface area (Å²) in [6.07, 6.45) is 9.29. The lowest BCUT2D eigenvalue weighted by Crippen LogP contribution is -2.52. The first kappa shape index (κ1) is 15.6. The number of Topliss-reactive ketones (excluding diaryl/α,β-unsaturated/α-hetero) is 1. The maximum Gasteiger partial charge on any atom is 0.163 e. The smallest absolute Gasteiger partial charge is 0.163 e. The molecule has 0 spiro atoms. The zero-order chi connectivity index (χ0) is 16.4. The molecule has 23 heavy (non-hydrogen) atoms. The van der Waals surface area contributed by atoms with E-state index < -0.39 is 11.8 Å². The molecule has 4 rings (SSSR count). The van der Waals surface area contributed by atoms with Gasteiger partial charge in [-0.3, -0.25) is 10.5 Å². The van der Waals surface area contributed by atoms with Crippen molar-refractivity contribution in [2.24, 2.45) is 28.9 Å². The van der Waals surface area contributed by atoms with Crippen molar-refractivity contribution in [2.45, 2.75) is 57.3 Å². The lowest BCUT2D eigenvalue weighted by Gasteiger charge is -2.50. The fraction of sp³-hybridized carbons (Fsp3) is 0.737. The quantitative estimate of drug-likeness (QED) is 0.728. The van der Waals surface area contributed by atoms with E-state index in [1.807, 2.05) is 6.08 Å². The van der Waals surface area contributed by atoms with Crippen LogP contribution in [0.1, 0.15) is 45.4 Å². The van der Waals surface area contributed by atoms with Crippen molar-refractivity contribution in [2.75, 3.05) is 7.11 Å². The molecule has 3 saturated carbocycles. The number of ketones is 1. The monoisotopic (exact) mass is 317 g/mol. The molecular formula is C19H27NO3. The van der Waals surface area contributed by atoms with Crippen LogP contribution in [0, 0.1) is 23.2 Å². The van der Waals surface area contributed by atoms with Crippen LogP contribution in [0.3, 0.4) is 0 Å². The molecule has 4 aliphatic rings. The van der Waals surface area contributed by atoms with Crippen LogP contribution in [-0.4, -0.2) is 29.8 Å². The van der Waals surface area contributed by atoms with Crippen LogP contribution in [0.2, 0.25) is 0 Å². The summed E-state index contributed by atoms with van der Waals surface area (Å²) in [7, 11) is 1.59. The van der Waals surface area contributed by atoms with E-state index in [1.165, 1.54) is 11.1 Å². The maximum atomic E-state index is 12.4. The van der Waals surface area contributed by atoms with Gasteiger partial charge in [0.2, 0.25) is 0 Å². The molecule has 4 nitrogen and oxygen atoms in total. The normalized spacial score (nSPS) is 49.0. The van der Waals surface area contributed by atoms with Crippen LogP contribution in [0.15, 0.2) is 23.3 Å². The van der Waals surface area contributed by atoms with Gasteiger partial charge in [-0.05, 0) is 73.2 Å². The van der Waals surface area contributed by atoms with Crippen molar-refractivity contribution in [3.63, 3.8) is 0 Å². The molecule has 0 amide bonds. The lowest BCUT2D eigenvalue weighted by molar-refractivity contribution is -0.129. The second-order valence-electron chi connectivity index (χ2n) is 8.17. The molecule has 2 unspecified atom stereocenters. The Morgan fingerprint density at radius 3 is 2.83 bits per heavy atom. The number of rotatable bonds is 1. The summed E-state index contributed by atoms with van der Waals surface area (Å²) >= 11 is 0. The minimum atomic E-state index is -1.41. The number of methoxy groups -OCH3 is 1. The Morgan fingerprint density at radius 1 is 1.30 bits per heavy atom. The first-order chi connectivity index (χ1) is 10.9. The molecule has 0 heterocycles. The molecule has 0 aromatic carbocycles. The molecule has 6 atom stereocenters. The van der Waals surface area contributed by atoms with Crippen molar-refractivity contribution < 1.29 is 14.6 Å². The summed E-state index contributed by atoms with van der Waals surface area (Å²) in [5.74, 6) is 2.08. The van der Waals surface area contributed by atoms with E-state index in [-0.39, 0.29) is 5.41 Å². The third-order valence-corrected chi connectivity index (χ3v) is 7.11. The molecule has 0 aromatic heterocycles. The van der Waals surface area contributed by atoms with Crippen LogP contribution in [0.25, 0.3) is 0 Å². The summed E-state index contributed by atoms with van der Waals surface area (Å²) in [4.78, 5) is 12.4. The highest BCUT2D eigenvalue weighted by Gasteiger charge is 2.55. The van der Waals surface area contributed by atoms with Gasteiger partial charge in [-0.1, -0.05) is 6.92 Å². The van der Waals surface area contributed by atoms with Crippen molar-refractivity contribution in [3.05, 3.63) is 23.3 Å². The lowest BCUT2D eigenvalue weighted by atomic mass is 9.54. The third kappa shape index (κ3) is 2.11. The summed E-state index contributed by atoms with van der Waals surface area (Å²) in [5.41, 5.74) is 7.01. The first-order valence-electron chi connectivity index (χ1n) is 8.88. The number of ether oxygens (including phenoxy) is 1. The topological polar surface area (TPSA) is 72.6 Å². The fourth-order valence-electron chi connectivity index (χ4n) is 5.85. The van der Waals surface area contributed by atoms with Crippen LogP contribution >= 0.6 is 0 Å². The molecule has 3 N–H and O–H groups in total. The van der Waals surface area contributed by atoms with E-state index in [4.69, 9.17) is 10.5 Å². The largest absolute Gasteiger partial charge is 0.373 e. The average Bonchev–Trinajstić information content (AvgIpc) is 2.81. The predicted octanol–water partition coefficient (Wildman–Crippen LogP) is 2.32. The molecule has 0 saturated heterocycles. The van der Waals surface area contributed by atoms with Crippen molar-refractivity contribution >= 4 is 5.78 Å². The Labute approximate surface area is 137 Å². The predicted molar refractivity (Wildman–Crippen MR) is 87.4 cm³/mol. The zero-order valence-electron chi connectivity index (χ0n) is 14.0. The van der Waals surface area contributed by atoms with Crippen molar-refractivity contribution in [1.29, 1.82) is 0 Å². The van der Waals surface area contributed by atoms with Gasteiger partial charge in [-0.25, -0.2) is 0 Å². The maximum absolute atomic E-state index is 12.4. The summed E-state index contributed by atoms with van der Waals surface area (Å²) < 4.78 is 5.41. The zero-order valence-corrected chi connectivity index (χ0v) is 14.0. The Hall–Kier alpha value is -0.970. The van der Waals surface area contributed by atoms with Crippen molar-refractivity contribution in [3.8, 4) is 0 Å². The Balaban J connectivity index is 1.68. The van der Waals surface area contributed by atoms with Gasteiger partial charge in [0.15, 0.2) is 5.72 Å². The van der Waals surface area contributed by atoms with Gasteiger partial charge in [0.1, 0.15) is 11.9 Å². The van der Waals surface area contributed by atoms with E-state index in [9.17, 15) is 9.90 Å². The molecule has 126 valence electrons. The standard InChI is InChI=1S/C19H27NO3/c1-18-8-7-12-13(15(18)5-6-16(18)21)4-3-11-10-19(20,22)17(23-2)9-14(11)12/h9-10,12-13,15,17,22H,3-8,20H2,1-2H3/t12-,13+,15-,17?,18-,19?/m0/s1. The molecular weight excluding hydrogens is 290 g/mol. The number of hydrogen-bond donors (Lipinski definition) is 2. The second kappa shape index (κ2) is 5.01. The van der Waals surface area contributed by atoms with Gasteiger partial charge < -0.3 is 9.84 Å². The highest BCUT2D eigenvalue weighted by atomic mass is 16.5. The van der Waals surface area contributed by atoms with Gasteiger partial charge >= 0.3 is 0 Å².